The quantitative estimate of drug-likeness (QED) is 0.409. The maximum Gasteiger partial charge on any atom is 0.0891 e. The number of aryl methyl sites for hydroxylation is 2. The molecule has 0 unspecified atom stereocenters. The van der Waals surface area contributed by atoms with Crippen LogP contribution in [0.15, 0.2) is 54.6 Å². The summed E-state index contributed by atoms with van der Waals surface area (Å²) in [5, 5.41) is 17.5. The molecule has 1 heterocycles. The molecular weight excluding hydrogens is 391 g/mol. The number of hydrogen-bond donors (Lipinski definition) is 2. The van der Waals surface area contributed by atoms with Crippen molar-refractivity contribution in [2.75, 3.05) is 11.9 Å². The summed E-state index contributed by atoms with van der Waals surface area (Å²) < 4.78 is 2.13. The Bertz CT molecular complexity index is 1110. The van der Waals surface area contributed by atoms with Gasteiger partial charge in [-0.05, 0) is 73.5 Å². The van der Waals surface area contributed by atoms with Crippen molar-refractivity contribution < 1.29 is 5.11 Å². The van der Waals surface area contributed by atoms with Crippen molar-refractivity contribution in [1.82, 2.24) is 4.57 Å². The third-order valence-electron chi connectivity index (χ3n) is 5.23. The van der Waals surface area contributed by atoms with Crippen LogP contribution < -0.4 is 5.32 Å². The lowest BCUT2D eigenvalue weighted by Gasteiger charge is -2.16. The Balaban J connectivity index is 1.62. The lowest BCUT2D eigenvalue weighted by molar-refractivity contribution is 0.169. The summed E-state index contributed by atoms with van der Waals surface area (Å²) in [5.74, 6) is 0. The van der Waals surface area contributed by atoms with Gasteiger partial charge in [-0.3, -0.25) is 0 Å². The standard InChI is InChI=1S/C23H22Cl2N2O/c1-14-3-6-18(9-15(14)2)26-12-19(28)13-27-22-7-4-16(24)10-20(22)21-11-17(25)5-8-23(21)27/h3-11,19,26,28H,12-13H2,1-2H3/t19-/m0/s1. The van der Waals surface area contributed by atoms with Crippen LogP contribution in [0.25, 0.3) is 21.8 Å². The van der Waals surface area contributed by atoms with E-state index in [1.54, 1.807) is 0 Å². The molecule has 0 radical (unpaired) electrons. The van der Waals surface area contributed by atoms with Gasteiger partial charge in [0.25, 0.3) is 0 Å². The number of nitrogens with one attached hydrogen (secondary N) is 1. The van der Waals surface area contributed by atoms with Crippen LogP contribution in [0.5, 0.6) is 0 Å². The molecule has 2 N–H and O–H groups in total. The minimum Gasteiger partial charge on any atom is -0.389 e. The van der Waals surface area contributed by atoms with Crippen LogP contribution in [-0.2, 0) is 6.54 Å². The van der Waals surface area contributed by atoms with Gasteiger partial charge < -0.3 is 15.0 Å². The van der Waals surface area contributed by atoms with Crippen LogP contribution in [0.2, 0.25) is 10.0 Å². The molecule has 0 saturated carbocycles. The highest BCUT2D eigenvalue weighted by atomic mass is 35.5. The molecule has 5 heteroatoms. The van der Waals surface area contributed by atoms with Gasteiger partial charge in [0, 0.05) is 44.1 Å². The van der Waals surface area contributed by atoms with Gasteiger partial charge in [-0.2, -0.15) is 0 Å². The molecule has 4 rings (SSSR count). The Kier molecular flexibility index (Phi) is 5.24. The highest BCUT2D eigenvalue weighted by molar-refractivity contribution is 6.33. The number of benzene rings is 3. The third kappa shape index (κ3) is 3.70. The summed E-state index contributed by atoms with van der Waals surface area (Å²) in [7, 11) is 0. The lowest BCUT2D eigenvalue weighted by atomic mass is 10.1. The predicted molar refractivity (Wildman–Crippen MR) is 120 cm³/mol. The largest absolute Gasteiger partial charge is 0.389 e. The van der Waals surface area contributed by atoms with E-state index in [0.29, 0.717) is 23.1 Å². The Hall–Kier alpha value is -2.20. The lowest BCUT2D eigenvalue weighted by Crippen LogP contribution is -2.24. The molecule has 0 aliphatic rings. The number of nitrogens with zero attached hydrogens (tertiary/aromatic N) is 1. The second-order valence-electron chi connectivity index (χ2n) is 7.27. The average Bonchev–Trinajstić information content (AvgIpc) is 2.95. The van der Waals surface area contributed by atoms with E-state index in [4.69, 9.17) is 23.2 Å². The van der Waals surface area contributed by atoms with Crippen LogP contribution in [0, 0.1) is 13.8 Å². The van der Waals surface area contributed by atoms with Gasteiger partial charge in [0.2, 0.25) is 0 Å². The Morgan fingerprint density at radius 1 is 0.857 bits per heavy atom. The molecule has 0 saturated heterocycles. The summed E-state index contributed by atoms with van der Waals surface area (Å²) >= 11 is 12.4. The molecular formula is C23H22Cl2N2O. The Labute approximate surface area is 174 Å². The fraction of sp³-hybridized carbons (Fsp3) is 0.217. The highest BCUT2D eigenvalue weighted by Gasteiger charge is 2.14. The van der Waals surface area contributed by atoms with Crippen molar-refractivity contribution in [2.45, 2.75) is 26.5 Å². The molecule has 1 aromatic heterocycles. The van der Waals surface area contributed by atoms with Crippen LogP contribution in [0.3, 0.4) is 0 Å². The predicted octanol–water partition coefficient (Wildman–Crippen LogP) is 6.19. The zero-order valence-electron chi connectivity index (χ0n) is 15.8. The molecule has 28 heavy (non-hydrogen) atoms. The van der Waals surface area contributed by atoms with E-state index in [9.17, 15) is 5.11 Å². The number of anilines is 1. The molecule has 0 amide bonds. The molecule has 3 aromatic carbocycles. The maximum absolute atomic E-state index is 10.7. The molecule has 3 nitrogen and oxygen atoms in total. The summed E-state index contributed by atoms with van der Waals surface area (Å²) in [6, 6.07) is 17.9. The van der Waals surface area contributed by atoms with Gasteiger partial charge in [0.05, 0.1) is 12.6 Å². The van der Waals surface area contributed by atoms with Gasteiger partial charge in [0.1, 0.15) is 0 Å². The second kappa shape index (κ2) is 7.67. The molecule has 1 atom stereocenters. The summed E-state index contributed by atoms with van der Waals surface area (Å²) in [5.41, 5.74) is 5.58. The van der Waals surface area contributed by atoms with Crippen LogP contribution in [-0.4, -0.2) is 22.3 Å². The fourth-order valence-corrected chi connectivity index (χ4v) is 3.95. The molecule has 0 fully saturated rings. The first-order chi connectivity index (χ1) is 13.4. The van der Waals surface area contributed by atoms with Gasteiger partial charge >= 0.3 is 0 Å². The third-order valence-corrected chi connectivity index (χ3v) is 5.70. The van der Waals surface area contributed by atoms with Gasteiger partial charge in [0.15, 0.2) is 0 Å². The summed E-state index contributed by atoms with van der Waals surface area (Å²) in [6.45, 7) is 5.12. The van der Waals surface area contributed by atoms with Crippen molar-refractivity contribution in [3.8, 4) is 0 Å². The van der Waals surface area contributed by atoms with Crippen LogP contribution in [0.4, 0.5) is 5.69 Å². The molecule has 0 aliphatic heterocycles. The van der Waals surface area contributed by atoms with E-state index in [1.165, 1.54) is 11.1 Å². The Morgan fingerprint density at radius 3 is 2.04 bits per heavy atom. The minimum absolute atomic E-state index is 0.463. The van der Waals surface area contributed by atoms with E-state index in [-0.39, 0.29) is 0 Å². The summed E-state index contributed by atoms with van der Waals surface area (Å²) in [6.07, 6.45) is -0.549. The van der Waals surface area contributed by atoms with Crippen LogP contribution >= 0.6 is 23.2 Å². The van der Waals surface area contributed by atoms with E-state index in [0.717, 1.165) is 27.5 Å². The van der Waals surface area contributed by atoms with E-state index < -0.39 is 6.10 Å². The Morgan fingerprint density at radius 2 is 1.46 bits per heavy atom. The second-order valence-corrected chi connectivity index (χ2v) is 8.14. The first-order valence-electron chi connectivity index (χ1n) is 9.28. The highest BCUT2D eigenvalue weighted by Crippen LogP contribution is 2.33. The van der Waals surface area contributed by atoms with E-state index >= 15 is 0 Å². The van der Waals surface area contributed by atoms with Crippen molar-refractivity contribution in [1.29, 1.82) is 0 Å². The molecule has 0 spiro atoms. The normalized spacial score (nSPS) is 12.6. The molecule has 144 valence electrons. The number of aliphatic hydroxyl groups is 1. The first kappa shape index (κ1) is 19.1. The topological polar surface area (TPSA) is 37.2 Å². The van der Waals surface area contributed by atoms with Crippen molar-refractivity contribution in [3.05, 3.63) is 75.8 Å². The number of hydrogen-bond acceptors (Lipinski definition) is 2. The maximum atomic E-state index is 10.7. The van der Waals surface area contributed by atoms with Crippen molar-refractivity contribution in [2.24, 2.45) is 0 Å². The monoisotopic (exact) mass is 412 g/mol. The number of aromatic nitrogens is 1. The number of aliphatic hydroxyl groups excluding tert-OH is 1. The van der Waals surface area contributed by atoms with Crippen LogP contribution in [0.1, 0.15) is 11.1 Å². The zero-order chi connectivity index (χ0) is 19.8. The summed E-state index contributed by atoms with van der Waals surface area (Å²) in [4.78, 5) is 0. The average molecular weight is 413 g/mol. The fourth-order valence-electron chi connectivity index (χ4n) is 3.61. The molecule has 0 bridgehead atoms. The van der Waals surface area contributed by atoms with Gasteiger partial charge in [-0.15, -0.1) is 0 Å². The van der Waals surface area contributed by atoms with E-state index in [1.807, 2.05) is 42.5 Å². The number of halogens is 2. The SMILES string of the molecule is Cc1ccc(NC[C@H](O)Cn2c3ccc(Cl)cc3c3cc(Cl)ccc32)cc1C. The van der Waals surface area contributed by atoms with Crippen molar-refractivity contribution >= 4 is 50.7 Å². The number of fused-ring (bicyclic) bond motifs is 3. The first-order valence-corrected chi connectivity index (χ1v) is 10.0. The van der Waals surface area contributed by atoms with Crippen molar-refractivity contribution in [3.63, 3.8) is 0 Å². The van der Waals surface area contributed by atoms with Gasteiger partial charge in [-0.1, -0.05) is 29.3 Å². The van der Waals surface area contributed by atoms with Gasteiger partial charge in [-0.25, -0.2) is 0 Å². The van der Waals surface area contributed by atoms with E-state index in [2.05, 4.69) is 35.9 Å². The molecule has 0 aliphatic carbocycles. The zero-order valence-corrected chi connectivity index (χ0v) is 17.3. The number of rotatable bonds is 5. The smallest absolute Gasteiger partial charge is 0.0891 e. The minimum atomic E-state index is -0.549. The molecule has 4 aromatic rings.